The maximum Gasteiger partial charge on any atom is 0.313 e. The number of benzene rings is 1. The fourth-order valence-corrected chi connectivity index (χ4v) is 0.925. The van der Waals surface area contributed by atoms with E-state index in [0.717, 1.165) is 0 Å². The van der Waals surface area contributed by atoms with Gasteiger partial charge in [0.15, 0.2) is 0 Å². The number of carbonyl (C=O) groups excluding carboxylic acids is 1. The van der Waals surface area contributed by atoms with Crippen LogP contribution in [0.5, 0.6) is 11.5 Å². The van der Waals surface area contributed by atoms with Crippen molar-refractivity contribution in [2.45, 2.75) is 20.8 Å². The summed E-state index contributed by atoms with van der Waals surface area (Å²) in [5.74, 6) is 0.257. The van der Waals surface area contributed by atoms with Crippen molar-refractivity contribution in [3.8, 4) is 11.5 Å². The first-order valence-electron chi connectivity index (χ1n) is 4.52. The molecule has 14 heavy (non-hydrogen) atoms. The lowest BCUT2D eigenvalue weighted by Gasteiger charge is -2.07. The highest BCUT2D eigenvalue weighted by Gasteiger charge is 2.10. The molecule has 1 N–H and O–H groups in total. The van der Waals surface area contributed by atoms with E-state index in [0.29, 0.717) is 11.3 Å². The van der Waals surface area contributed by atoms with Crippen LogP contribution in [0.15, 0.2) is 18.2 Å². The molecule has 76 valence electrons. The molecule has 0 saturated heterocycles. The molecule has 1 rings (SSSR count). The van der Waals surface area contributed by atoms with E-state index in [1.54, 1.807) is 32.9 Å². The molecule has 0 bridgehead atoms. The Hall–Kier alpha value is -1.51. The molecule has 0 aliphatic carbocycles. The van der Waals surface area contributed by atoms with Crippen molar-refractivity contribution in [1.29, 1.82) is 0 Å². The first kappa shape index (κ1) is 10.6. The maximum absolute atomic E-state index is 11.2. The van der Waals surface area contributed by atoms with Crippen LogP contribution < -0.4 is 4.74 Å². The summed E-state index contributed by atoms with van der Waals surface area (Å²) in [6, 6.07) is 4.72. The van der Waals surface area contributed by atoms with Gasteiger partial charge in [0.2, 0.25) is 0 Å². The van der Waals surface area contributed by atoms with Gasteiger partial charge >= 0.3 is 5.97 Å². The number of aryl methyl sites for hydroxylation is 1. The van der Waals surface area contributed by atoms with Crippen molar-refractivity contribution in [3.05, 3.63) is 23.8 Å². The van der Waals surface area contributed by atoms with E-state index < -0.39 is 0 Å². The van der Waals surface area contributed by atoms with Crippen LogP contribution in [-0.2, 0) is 4.79 Å². The van der Waals surface area contributed by atoms with Gasteiger partial charge in [0, 0.05) is 0 Å². The summed E-state index contributed by atoms with van der Waals surface area (Å²) in [6.07, 6.45) is 0. The van der Waals surface area contributed by atoms with Gasteiger partial charge in [-0.15, -0.1) is 0 Å². The number of phenolic OH excluding ortho intramolecular Hbond substituents is 1. The highest BCUT2D eigenvalue weighted by atomic mass is 16.5. The Balaban J connectivity index is 2.78. The summed E-state index contributed by atoms with van der Waals surface area (Å²) in [7, 11) is 0. The van der Waals surface area contributed by atoms with E-state index in [2.05, 4.69) is 0 Å². The summed E-state index contributed by atoms with van der Waals surface area (Å²) in [6.45, 7) is 5.30. The van der Waals surface area contributed by atoms with Crippen LogP contribution >= 0.6 is 0 Å². The minimum absolute atomic E-state index is 0.149. The summed E-state index contributed by atoms with van der Waals surface area (Å²) < 4.78 is 5.06. The Morgan fingerprint density at radius 2 is 2.07 bits per heavy atom. The Morgan fingerprint density at radius 3 is 2.57 bits per heavy atom. The van der Waals surface area contributed by atoms with Gasteiger partial charge in [-0.2, -0.15) is 0 Å². The van der Waals surface area contributed by atoms with Crippen LogP contribution in [0.3, 0.4) is 0 Å². The largest absolute Gasteiger partial charge is 0.508 e. The Kier molecular flexibility index (Phi) is 3.12. The number of phenols is 1. The van der Waals surface area contributed by atoms with Crippen LogP contribution in [0.2, 0.25) is 0 Å². The second-order valence-corrected chi connectivity index (χ2v) is 3.52. The zero-order valence-corrected chi connectivity index (χ0v) is 8.57. The second kappa shape index (κ2) is 4.13. The molecule has 0 aromatic heterocycles. The molecule has 0 unspecified atom stereocenters. The third-order valence-corrected chi connectivity index (χ3v) is 1.86. The van der Waals surface area contributed by atoms with E-state index in [4.69, 9.17) is 4.74 Å². The van der Waals surface area contributed by atoms with Gasteiger partial charge in [-0.05, 0) is 30.7 Å². The zero-order chi connectivity index (χ0) is 10.7. The van der Waals surface area contributed by atoms with E-state index >= 15 is 0 Å². The van der Waals surface area contributed by atoms with Gasteiger partial charge in [-0.25, -0.2) is 0 Å². The summed E-state index contributed by atoms with van der Waals surface area (Å²) >= 11 is 0. The van der Waals surface area contributed by atoms with E-state index in [-0.39, 0.29) is 17.6 Å². The molecule has 0 radical (unpaired) electrons. The van der Waals surface area contributed by atoms with Gasteiger partial charge in [-0.3, -0.25) is 4.79 Å². The van der Waals surface area contributed by atoms with Crippen molar-refractivity contribution in [1.82, 2.24) is 0 Å². The monoisotopic (exact) mass is 194 g/mol. The molecule has 0 amide bonds. The number of hydrogen-bond acceptors (Lipinski definition) is 3. The van der Waals surface area contributed by atoms with Crippen LogP contribution in [0, 0.1) is 12.8 Å². The molecule has 1 aromatic carbocycles. The highest BCUT2D eigenvalue weighted by Crippen LogP contribution is 2.22. The number of ether oxygens (including phenoxy) is 1. The van der Waals surface area contributed by atoms with Gasteiger partial charge in [0.1, 0.15) is 11.5 Å². The standard InChI is InChI=1S/C11H14O3/c1-7(2)11(13)14-9-4-5-10(12)8(3)6-9/h4-7,12H,1-3H3. The summed E-state index contributed by atoms with van der Waals surface area (Å²) in [4.78, 5) is 11.2. The molecule has 3 heteroatoms. The van der Waals surface area contributed by atoms with Crippen molar-refractivity contribution < 1.29 is 14.6 Å². The SMILES string of the molecule is Cc1cc(OC(=O)C(C)C)ccc1O. The first-order chi connectivity index (χ1) is 6.50. The Morgan fingerprint density at radius 1 is 1.43 bits per heavy atom. The maximum atomic E-state index is 11.2. The van der Waals surface area contributed by atoms with Gasteiger partial charge in [0.05, 0.1) is 5.92 Å². The van der Waals surface area contributed by atoms with Crippen molar-refractivity contribution in [3.63, 3.8) is 0 Å². The third-order valence-electron chi connectivity index (χ3n) is 1.86. The van der Waals surface area contributed by atoms with Crippen molar-refractivity contribution in [2.75, 3.05) is 0 Å². The molecule has 1 aromatic rings. The van der Waals surface area contributed by atoms with E-state index in [9.17, 15) is 9.90 Å². The molecule has 0 heterocycles. The number of esters is 1. The van der Waals surface area contributed by atoms with Crippen LogP contribution in [-0.4, -0.2) is 11.1 Å². The quantitative estimate of drug-likeness (QED) is 0.580. The fourth-order valence-electron chi connectivity index (χ4n) is 0.925. The van der Waals surface area contributed by atoms with Crippen molar-refractivity contribution >= 4 is 5.97 Å². The number of hydrogen-bond donors (Lipinski definition) is 1. The minimum atomic E-state index is -0.268. The molecule has 0 atom stereocenters. The van der Waals surface area contributed by atoms with E-state index in [1.165, 1.54) is 6.07 Å². The Bertz CT molecular complexity index is 342. The highest BCUT2D eigenvalue weighted by molar-refractivity contribution is 5.74. The average Bonchev–Trinajstić information content (AvgIpc) is 2.11. The normalized spacial score (nSPS) is 10.3. The smallest absolute Gasteiger partial charge is 0.313 e. The second-order valence-electron chi connectivity index (χ2n) is 3.52. The molecule has 0 aliphatic heterocycles. The molecule has 0 fully saturated rings. The molecular formula is C11H14O3. The number of aromatic hydroxyl groups is 1. The predicted octanol–water partition coefficient (Wildman–Crippen LogP) is 2.26. The number of rotatable bonds is 2. The molecule has 0 aliphatic rings. The van der Waals surface area contributed by atoms with Gasteiger partial charge in [-0.1, -0.05) is 13.8 Å². The Labute approximate surface area is 83.3 Å². The molecule has 0 spiro atoms. The molecule has 0 saturated carbocycles. The van der Waals surface area contributed by atoms with E-state index in [1.807, 2.05) is 0 Å². The summed E-state index contributed by atoms with van der Waals surface area (Å²) in [5, 5.41) is 9.25. The zero-order valence-electron chi connectivity index (χ0n) is 8.57. The van der Waals surface area contributed by atoms with Crippen LogP contribution in [0.1, 0.15) is 19.4 Å². The predicted molar refractivity (Wildman–Crippen MR) is 53.3 cm³/mol. The lowest BCUT2D eigenvalue weighted by Crippen LogP contribution is -2.14. The molecular weight excluding hydrogens is 180 g/mol. The van der Waals surface area contributed by atoms with Crippen molar-refractivity contribution in [2.24, 2.45) is 5.92 Å². The van der Waals surface area contributed by atoms with Crippen LogP contribution in [0.4, 0.5) is 0 Å². The van der Waals surface area contributed by atoms with Gasteiger partial charge in [0.25, 0.3) is 0 Å². The molecule has 3 nitrogen and oxygen atoms in total. The minimum Gasteiger partial charge on any atom is -0.508 e. The lowest BCUT2D eigenvalue weighted by atomic mass is 10.2. The topological polar surface area (TPSA) is 46.5 Å². The lowest BCUT2D eigenvalue weighted by molar-refractivity contribution is -0.137. The first-order valence-corrected chi connectivity index (χ1v) is 4.52. The van der Waals surface area contributed by atoms with Crippen LogP contribution in [0.25, 0.3) is 0 Å². The summed E-state index contributed by atoms with van der Waals surface area (Å²) in [5.41, 5.74) is 0.694. The number of carbonyl (C=O) groups is 1. The van der Waals surface area contributed by atoms with Gasteiger partial charge < -0.3 is 9.84 Å². The third kappa shape index (κ3) is 2.49. The average molecular weight is 194 g/mol. The fraction of sp³-hybridized carbons (Fsp3) is 0.364.